The molecule has 8 heteroatoms. The first-order valence-electron chi connectivity index (χ1n) is 9.58. The summed E-state index contributed by atoms with van der Waals surface area (Å²) >= 11 is 5.90. The summed E-state index contributed by atoms with van der Waals surface area (Å²) in [6, 6.07) is 5.08. The lowest BCUT2D eigenvalue weighted by Crippen LogP contribution is -2.09. The van der Waals surface area contributed by atoms with Crippen LogP contribution in [0.25, 0.3) is 0 Å². The van der Waals surface area contributed by atoms with Crippen LogP contribution in [0.5, 0.6) is 0 Å². The predicted molar refractivity (Wildman–Crippen MR) is 118 cm³/mol. The molecular weight excluding hydrogens is 412 g/mol. The van der Waals surface area contributed by atoms with Crippen molar-refractivity contribution in [2.45, 2.75) is 33.6 Å². The number of aryl methyl sites for hydroxylation is 1. The van der Waals surface area contributed by atoms with Crippen LogP contribution in [-0.2, 0) is 9.59 Å². The van der Waals surface area contributed by atoms with Gasteiger partial charge in [-0.3, -0.25) is 9.59 Å². The number of nitrogens with two attached hydrogens (primary N) is 1. The second kappa shape index (κ2) is 15.3. The third kappa shape index (κ3) is 9.33. The monoisotopic (exact) mass is 441 g/mol. The van der Waals surface area contributed by atoms with E-state index < -0.39 is 5.83 Å². The lowest BCUT2D eigenvalue weighted by molar-refractivity contribution is -0.109. The van der Waals surface area contributed by atoms with Gasteiger partial charge in [-0.05, 0) is 49.1 Å². The fourth-order valence-corrected chi connectivity index (χ4v) is 3.07. The maximum absolute atomic E-state index is 14.1. The molecule has 0 saturated carbocycles. The molecule has 1 aromatic carbocycles. The minimum absolute atomic E-state index is 0.0803. The summed E-state index contributed by atoms with van der Waals surface area (Å²) in [5, 5.41) is 5.60. The predicted octanol–water partition coefficient (Wildman–Crippen LogP) is 4.19. The molecule has 0 spiro atoms. The van der Waals surface area contributed by atoms with E-state index >= 15 is 0 Å². The number of rotatable bonds is 6. The molecule has 2 atom stereocenters. The Balaban J connectivity index is 0.00000154. The van der Waals surface area contributed by atoms with Crippen LogP contribution in [0.2, 0.25) is 0 Å². The fourth-order valence-electron chi connectivity index (χ4n) is 2.85. The summed E-state index contributed by atoms with van der Waals surface area (Å²) in [4.78, 5) is 18.9. The largest absolute Gasteiger partial charge is 0.372 e. The maximum Gasteiger partial charge on any atom is 0.211 e. The molecule has 1 fully saturated rings. The summed E-state index contributed by atoms with van der Waals surface area (Å²) in [6.45, 7) is 8.81. The zero-order chi connectivity index (χ0) is 23.1. The Labute approximate surface area is 182 Å². The van der Waals surface area contributed by atoms with Crippen LogP contribution in [0.15, 0.2) is 53.0 Å². The Hall–Kier alpha value is -2.51. The molecule has 30 heavy (non-hydrogen) atoms. The number of carbonyl (C=O) groups is 2. The molecule has 1 aliphatic rings. The van der Waals surface area contributed by atoms with Crippen molar-refractivity contribution in [3.05, 3.63) is 69.9 Å². The van der Waals surface area contributed by atoms with E-state index in [2.05, 4.69) is 16.4 Å². The van der Waals surface area contributed by atoms with Gasteiger partial charge in [-0.2, -0.15) is 0 Å². The van der Waals surface area contributed by atoms with Gasteiger partial charge in [0.2, 0.25) is 12.8 Å². The molecule has 1 aliphatic heterocycles. The van der Waals surface area contributed by atoms with E-state index in [1.807, 2.05) is 19.9 Å². The molecule has 0 aromatic heterocycles. The standard InChI is InChI=1S/C19H21ClF2N2O.C2H6.CH3NO/c1-12-7-14(3-5-18(12)21)16-10-23-9-15(16)4-6-19(22)17(20)8-13(2)24-11-25;1-2;2-1-3/h3-8,11,15-16,23H,9-10H2,1-2H3,(H,24,25);1-2H3;1H,(H2,2,3)/b6-4+,13-8+,19-17-;;/t15-,16-;;/m1../s1. The van der Waals surface area contributed by atoms with Crippen LogP contribution in [0.3, 0.4) is 0 Å². The molecule has 4 N–H and O–H groups in total. The highest BCUT2D eigenvalue weighted by Gasteiger charge is 2.26. The van der Waals surface area contributed by atoms with E-state index in [9.17, 15) is 13.6 Å². The maximum atomic E-state index is 14.1. The van der Waals surface area contributed by atoms with E-state index in [1.165, 1.54) is 18.2 Å². The van der Waals surface area contributed by atoms with Gasteiger partial charge in [0.05, 0.1) is 5.03 Å². The highest BCUT2D eigenvalue weighted by Crippen LogP contribution is 2.30. The molecule has 1 saturated heterocycles. The number of amides is 2. The molecule has 0 aliphatic carbocycles. The summed E-state index contributed by atoms with van der Waals surface area (Å²) in [5.74, 6) is -0.572. The van der Waals surface area contributed by atoms with Crippen LogP contribution in [0.1, 0.15) is 37.8 Å². The van der Waals surface area contributed by atoms with Gasteiger partial charge in [0.25, 0.3) is 0 Å². The van der Waals surface area contributed by atoms with Crippen molar-refractivity contribution in [2.75, 3.05) is 13.1 Å². The topological polar surface area (TPSA) is 84.2 Å². The summed E-state index contributed by atoms with van der Waals surface area (Å²) in [5.41, 5.74) is 6.25. The van der Waals surface area contributed by atoms with Gasteiger partial charge in [0.1, 0.15) is 11.6 Å². The number of hydrogen-bond donors (Lipinski definition) is 3. The van der Waals surface area contributed by atoms with Crippen molar-refractivity contribution in [1.82, 2.24) is 10.6 Å². The first-order valence-corrected chi connectivity index (χ1v) is 9.95. The second-order valence-electron chi connectivity index (χ2n) is 6.22. The Morgan fingerprint density at radius 1 is 1.30 bits per heavy atom. The average molecular weight is 442 g/mol. The van der Waals surface area contributed by atoms with Crippen molar-refractivity contribution in [1.29, 1.82) is 0 Å². The molecule has 0 bridgehead atoms. The highest BCUT2D eigenvalue weighted by molar-refractivity contribution is 6.31. The summed E-state index contributed by atoms with van der Waals surface area (Å²) < 4.78 is 27.6. The molecule has 1 heterocycles. The number of halogens is 3. The minimum Gasteiger partial charge on any atom is -0.372 e. The minimum atomic E-state index is -0.574. The van der Waals surface area contributed by atoms with Crippen LogP contribution in [-0.4, -0.2) is 25.9 Å². The zero-order valence-electron chi connectivity index (χ0n) is 17.7. The molecule has 0 radical (unpaired) electrons. The smallest absolute Gasteiger partial charge is 0.211 e. The average Bonchev–Trinajstić information content (AvgIpc) is 3.19. The first-order chi connectivity index (χ1) is 14.3. The normalized spacial score (nSPS) is 19.1. The Kier molecular flexibility index (Phi) is 14.1. The fraction of sp³-hybridized carbons (Fsp3) is 0.364. The van der Waals surface area contributed by atoms with Gasteiger partial charge in [0, 0.05) is 24.7 Å². The van der Waals surface area contributed by atoms with Gasteiger partial charge in [0.15, 0.2) is 0 Å². The van der Waals surface area contributed by atoms with Crippen molar-refractivity contribution in [3.8, 4) is 0 Å². The van der Waals surface area contributed by atoms with Gasteiger partial charge in [-0.1, -0.05) is 43.7 Å². The molecule has 5 nitrogen and oxygen atoms in total. The highest BCUT2D eigenvalue weighted by atomic mass is 35.5. The van der Waals surface area contributed by atoms with Gasteiger partial charge >= 0.3 is 0 Å². The van der Waals surface area contributed by atoms with Crippen molar-refractivity contribution in [3.63, 3.8) is 0 Å². The number of carbonyl (C=O) groups excluding carboxylic acids is 2. The Morgan fingerprint density at radius 2 is 1.93 bits per heavy atom. The van der Waals surface area contributed by atoms with Crippen molar-refractivity contribution < 1.29 is 18.4 Å². The lowest BCUT2D eigenvalue weighted by atomic mass is 9.88. The Bertz CT molecular complexity index is 780. The number of allylic oxidation sites excluding steroid dienone is 5. The molecule has 2 amide bonds. The van der Waals surface area contributed by atoms with Crippen LogP contribution in [0.4, 0.5) is 8.78 Å². The number of nitrogens with one attached hydrogen (secondary N) is 2. The van der Waals surface area contributed by atoms with Crippen LogP contribution in [0, 0.1) is 18.7 Å². The van der Waals surface area contributed by atoms with Crippen molar-refractivity contribution >= 4 is 24.4 Å². The van der Waals surface area contributed by atoms with Gasteiger partial charge in [-0.15, -0.1) is 0 Å². The van der Waals surface area contributed by atoms with Crippen molar-refractivity contribution in [2.24, 2.45) is 11.7 Å². The number of benzene rings is 1. The molecular formula is C22H30ClF2N3O2. The van der Waals surface area contributed by atoms with E-state index in [4.69, 9.17) is 16.4 Å². The molecule has 0 unspecified atom stereocenters. The second-order valence-corrected chi connectivity index (χ2v) is 6.63. The summed E-state index contributed by atoms with van der Waals surface area (Å²) in [6.07, 6.45) is 5.22. The quantitative estimate of drug-likeness (QED) is 0.457. The zero-order valence-corrected chi connectivity index (χ0v) is 18.5. The van der Waals surface area contributed by atoms with Crippen LogP contribution >= 0.6 is 11.6 Å². The molecule has 1 aromatic rings. The third-order valence-electron chi connectivity index (χ3n) is 4.22. The SMILES string of the molecule is CC.C\C(=C/C(Cl)=C(F)\C=C\[C@@H]1CNC[C@@H]1c1ccc(F)c(C)c1)NC=O.NC=O. The van der Waals surface area contributed by atoms with Crippen LogP contribution < -0.4 is 16.4 Å². The molecule has 2 rings (SSSR count). The van der Waals surface area contributed by atoms with Gasteiger partial charge in [-0.25, -0.2) is 8.78 Å². The lowest BCUT2D eigenvalue weighted by Gasteiger charge is -2.16. The summed E-state index contributed by atoms with van der Waals surface area (Å²) in [7, 11) is 0. The number of hydrogen-bond acceptors (Lipinski definition) is 3. The van der Waals surface area contributed by atoms with E-state index in [1.54, 1.807) is 26.0 Å². The Morgan fingerprint density at radius 3 is 2.50 bits per heavy atom. The molecule has 166 valence electrons. The van der Waals surface area contributed by atoms with Gasteiger partial charge < -0.3 is 16.4 Å². The van der Waals surface area contributed by atoms with E-state index in [-0.39, 0.29) is 29.1 Å². The third-order valence-corrected chi connectivity index (χ3v) is 4.51. The number of primary amides is 1. The van der Waals surface area contributed by atoms with E-state index in [0.717, 1.165) is 12.1 Å². The first kappa shape index (κ1) is 27.5. The van der Waals surface area contributed by atoms with E-state index in [0.29, 0.717) is 24.2 Å².